The smallest absolute Gasteiger partial charge is 0.221 e. The Balaban J connectivity index is 1.98. The van der Waals surface area contributed by atoms with Crippen LogP contribution in [0.4, 0.5) is 5.95 Å². The summed E-state index contributed by atoms with van der Waals surface area (Å²) in [5.41, 5.74) is 8.46. The molecular weight excluding hydrogens is 332 g/mol. The molecule has 6 nitrogen and oxygen atoms in total. The molecule has 1 aromatic carbocycles. The molecule has 0 fully saturated rings. The van der Waals surface area contributed by atoms with Crippen LogP contribution in [0.15, 0.2) is 52.4 Å². The predicted molar refractivity (Wildman–Crippen MR) is 85.6 cm³/mol. The van der Waals surface area contributed by atoms with E-state index in [2.05, 4.69) is 31.1 Å². The molecule has 3 rings (SSSR count). The van der Waals surface area contributed by atoms with Gasteiger partial charge in [0.1, 0.15) is 0 Å². The molecule has 21 heavy (non-hydrogen) atoms. The second-order valence-corrected chi connectivity index (χ2v) is 5.41. The molecule has 0 aliphatic heterocycles. The van der Waals surface area contributed by atoms with Gasteiger partial charge in [0, 0.05) is 11.8 Å². The molecule has 2 N–H and O–H groups in total. The Morgan fingerprint density at radius 1 is 1.29 bits per heavy atom. The Hall–Kier alpha value is -2.41. The Morgan fingerprint density at radius 3 is 2.76 bits per heavy atom. The number of imidazole rings is 1. The molecule has 0 spiro atoms. The van der Waals surface area contributed by atoms with Crippen LogP contribution in [-0.4, -0.2) is 25.7 Å². The van der Waals surface area contributed by atoms with Crippen LogP contribution in [0.25, 0.3) is 5.69 Å². The molecule has 0 radical (unpaired) electrons. The van der Waals surface area contributed by atoms with Crippen molar-refractivity contribution in [2.24, 2.45) is 5.10 Å². The quantitative estimate of drug-likeness (QED) is 0.742. The monoisotopic (exact) mass is 344 g/mol. The highest BCUT2D eigenvalue weighted by Gasteiger charge is 2.04. The Labute approximate surface area is 130 Å². The van der Waals surface area contributed by atoms with E-state index in [0.29, 0.717) is 5.95 Å². The molecule has 0 saturated carbocycles. The van der Waals surface area contributed by atoms with Crippen molar-refractivity contribution in [3.05, 3.63) is 58.6 Å². The van der Waals surface area contributed by atoms with Crippen molar-refractivity contribution >= 4 is 28.1 Å². The standard InChI is InChI=1S/C14H13BrN6/c1-10-8-21(14(16)19-10)17-6-11-4-2-3-5-13(11)20-9-12(15)7-18-20/h2-9H,1H3,(H2,16,19). The lowest BCUT2D eigenvalue weighted by atomic mass is 10.2. The van der Waals surface area contributed by atoms with Crippen molar-refractivity contribution in [2.45, 2.75) is 6.92 Å². The number of hydrogen-bond acceptors (Lipinski definition) is 4. The number of nitrogen functional groups attached to an aromatic ring is 1. The Bertz CT molecular complexity index is 801. The summed E-state index contributed by atoms with van der Waals surface area (Å²) in [5, 5.41) is 8.63. The highest BCUT2D eigenvalue weighted by Crippen LogP contribution is 2.15. The predicted octanol–water partition coefficient (Wildman–Crippen LogP) is 2.60. The van der Waals surface area contributed by atoms with Gasteiger partial charge in [-0.3, -0.25) is 0 Å². The summed E-state index contributed by atoms with van der Waals surface area (Å²) in [5.74, 6) is 0.364. The van der Waals surface area contributed by atoms with Gasteiger partial charge in [-0.15, -0.1) is 0 Å². The zero-order chi connectivity index (χ0) is 14.8. The SMILES string of the molecule is Cc1cn(N=Cc2ccccc2-n2cc(Br)cn2)c(N)n1. The first-order valence-corrected chi connectivity index (χ1v) is 7.08. The highest BCUT2D eigenvalue weighted by molar-refractivity contribution is 9.10. The molecule has 7 heteroatoms. The van der Waals surface area contributed by atoms with Gasteiger partial charge >= 0.3 is 0 Å². The van der Waals surface area contributed by atoms with Crippen LogP contribution in [0.3, 0.4) is 0 Å². The third-order valence-corrected chi connectivity index (χ3v) is 3.30. The van der Waals surface area contributed by atoms with Gasteiger partial charge in [-0.1, -0.05) is 18.2 Å². The number of aryl methyl sites for hydroxylation is 1. The van der Waals surface area contributed by atoms with E-state index in [1.165, 1.54) is 0 Å². The third kappa shape index (κ3) is 2.87. The first kappa shape index (κ1) is 13.6. The molecule has 106 valence electrons. The average Bonchev–Trinajstić information content (AvgIpc) is 3.02. The largest absolute Gasteiger partial charge is 0.368 e. The minimum Gasteiger partial charge on any atom is -0.368 e. The molecule has 3 aromatic rings. The minimum absolute atomic E-state index is 0.364. The fraction of sp³-hybridized carbons (Fsp3) is 0.0714. The van der Waals surface area contributed by atoms with Crippen molar-refractivity contribution in [1.82, 2.24) is 19.4 Å². The van der Waals surface area contributed by atoms with Gasteiger partial charge < -0.3 is 5.73 Å². The second-order valence-electron chi connectivity index (χ2n) is 4.49. The number of benzene rings is 1. The third-order valence-electron chi connectivity index (χ3n) is 2.89. The van der Waals surface area contributed by atoms with Crippen LogP contribution >= 0.6 is 15.9 Å². The molecule has 0 aliphatic rings. The van der Waals surface area contributed by atoms with Crippen molar-refractivity contribution in [2.75, 3.05) is 5.73 Å². The molecule has 0 bridgehead atoms. The van der Waals surface area contributed by atoms with Gasteiger partial charge in [-0.05, 0) is 28.9 Å². The van der Waals surface area contributed by atoms with Crippen molar-refractivity contribution in [3.8, 4) is 5.69 Å². The maximum atomic E-state index is 5.77. The topological polar surface area (TPSA) is 74.0 Å². The van der Waals surface area contributed by atoms with Gasteiger partial charge in [0.15, 0.2) is 0 Å². The van der Waals surface area contributed by atoms with Gasteiger partial charge in [0.05, 0.1) is 34.5 Å². The van der Waals surface area contributed by atoms with E-state index < -0.39 is 0 Å². The Morgan fingerprint density at radius 2 is 2.10 bits per heavy atom. The van der Waals surface area contributed by atoms with Crippen LogP contribution in [0.5, 0.6) is 0 Å². The number of nitrogens with two attached hydrogens (primary N) is 1. The highest BCUT2D eigenvalue weighted by atomic mass is 79.9. The van der Waals surface area contributed by atoms with Gasteiger partial charge in [-0.2, -0.15) is 10.2 Å². The average molecular weight is 345 g/mol. The first-order chi connectivity index (χ1) is 10.1. The lowest BCUT2D eigenvalue weighted by Crippen LogP contribution is -2.01. The summed E-state index contributed by atoms with van der Waals surface area (Å²) in [6.07, 6.45) is 7.15. The first-order valence-electron chi connectivity index (χ1n) is 6.29. The maximum Gasteiger partial charge on any atom is 0.221 e. The summed E-state index contributed by atoms with van der Waals surface area (Å²) in [6.45, 7) is 1.87. The van der Waals surface area contributed by atoms with E-state index in [9.17, 15) is 0 Å². The van der Waals surface area contributed by atoms with Crippen molar-refractivity contribution in [1.29, 1.82) is 0 Å². The lowest BCUT2D eigenvalue weighted by molar-refractivity contribution is 0.874. The molecule has 0 amide bonds. The summed E-state index contributed by atoms with van der Waals surface area (Å²) in [6, 6.07) is 7.85. The maximum absolute atomic E-state index is 5.77. The molecule has 0 atom stereocenters. The fourth-order valence-corrected chi connectivity index (χ4v) is 2.24. The molecule has 2 aromatic heterocycles. The van der Waals surface area contributed by atoms with Crippen LogP contribution in [-0.2, 0) is 0 Å². The molecular formula is C14H13BrN6. The lowest BCUT2D eigenvalue weighted by Gasteiger charge is -2.05. The van der Waals surface area contributed by atoms with Gasteiger partial charge in [-0.25, -0.2) is 14.3 Å². The zero-order valence-electron chi connectivity index (χ0n) is 11.3. The number of hydrogen-bond donors (Lipinski definition) is 1. The Kier molecular flexibility index (Phi) is 3.57. The summed E-state index contributed by atoms with van der Waals surface area (Å²) < 4.78 is 4.25. The number of anilines is 1. The molecule has 0 unspecified atom stereocenters. The van der Waals surface area contributed by atoms with Crippen LogP contribution in [0.1, 0.15) is 11.3 Å². The van der Waals surface area contributed by atoms with Crippen LogP contribution in [0.2, 0.25) is 0 Å². The number of para-hydroxylation sites is 1. The second kappa shape index (κ2) is 5.53. The fourth-order valence-electron chi connectivity index (χ4n) is 1.96. The van der Waals surface area contributed by atoms with E-state index in [4.69, 9.17) is 5.73 Å². The summed E-state index contributed by atoms with van der Waals surface area (Å²) in [4.78, 5) is 4.11. The molecule has 0 aliphatic carbocycles. The van der Waals surface area contributed by atoms with Crippen LogP contribution in [0, 0.1) is 6.92 Å². The van der Waals surface area contributed by atoms with E-state index in [1.807, 2.05) is 37.4 Å². The van der Waals surface area contributed by atoms with E-state index in [1.54, 1.807) is 28.0 Å². The molecule has 0 saturated heterocycles. The van der Waals surface area contributed by atoms with E-state index in [0.717, 1.165) is 21.4 Å². The molecule has 2 heterocycles. The number of halogens is 1. The normalized spacial score (nSPS) is 11.3. The summed E-state index contributed by atoms with van der Waals surface area (Å²) in [7, 11) is 0. The van der Waals surface area contributed by atoms with Crippen molar-refractivity contribution in [3.63, 3.8) is 0 Å². The number of nitrogens with zero attached hydrogens (tertiary/aromatic N) is 5. The van der Waals surface area contributed by atoms with E-state index in [-0.39, 0.29) is 0 Å². The zero-order valence-corrected chi connectivity index (χ0v) is 12.9. The van der Waals surface area contributed by atoms with Gasteiger partial charge in [0.25, 0.3) is 0 Å². The minimum atomic E-state index is 0.364. The van der Waals surface area contributed by atoms with Crippen molar-refractivity contribution < 1.29 is 0 Å². The van der Waals surface area contributed by atoms with E-state index >= 15 is 0 Å². The number of rotatable bonds is 3. The van der Waals surface area contributed by atoms with Crippen LogP contribution < -0.4 is 5.73 Å². The van der Waals surface area contributed by atoms with Gasteiger partial charge in [0.2, 0.25) is 5.95 Å². The summed E-state index contributed by atoms with van der Waals surface area (Å²) >= 11 is 3.40. The number of aromatic nitrogens is 4.